The first kappa shape index (κ1) is 32.0. The predicted molar refractivity (Wildman–Crippen MR) is 237 cm³/mol. The quantitative estimate of drug-likeness (QED) is 0.165. The first-order valence-corrected chi connectivity index (χ1v) is 21.4. The van der Waals surface area contributed by atoms with Crippen molar-refractivity contribution in [3.05, 3.63) is 200 Å². The Morgan fingerprint density at radius 2 is 1.09 bits per heavy atom. The first-order chi connectivity index (χ1) is 28.3. The van der Waals surface area contributed by atoms with Crippen molar-refractivity contribution < 1.29 is 4.42 Å². The van der Waals surface area contributed by atoms with Gasteiger partial charge in [0.2, 0.25) is 8.07 Å². The van der Waals surface area contributed by atoms with E-state index in [1.165, 1.54) is 26.5 Å². The highest BCUT2D eigenvalue weighted by Crippen LogP contribution is 2.41. The van der Waals surface area contributed by atoms with E-state index in [2.05, 4.69) is 193 Å². The van der Waals surface area contributed by atoms with Gasteiger partial charge >= 0.3 is 0 Å². The number of hydrogen-bond donors (Lipinski definition) is 0. The van der Waals surface area contributed by atoms with Crippen molar-refractivity contribution in [2.75, 3.05) is 0 Å². The minimum atomic E-state index is -2.87. The number of aromatic nitrogens is 3. The number of rotatable bonds is 5. The molecule has 0 unspecified atom stereocenters. The number of fused-ring (bicyclic) bond motifs is 10. The molecule has 0 amide bonds. The maximum absolute atomic E-state index is 6.58. The fourth-order valence-electron chi connectivity index (χ4n) is 9.48. The van der Waals surface area contributed by atoms with E-state index in [4.69, 9.17) is 14.4 Å². The molecule has 0 saturated carbocycles. The van der Waals surface area contributed by atoms with Gasteiger partial charge in [0.15, 0.2) is 5.82 Å². The Morgan fingerprint density at radius 3 is 1.84 bits per heavy atom. The van der Waals surface area contributed by atoms with Gasteiger partial charge < -0.3 is 8.98 Å². The standard InChI is InChI=1S/C52H33N3OSi/c1-4-16-35(17-5-1)51-53-49(48-42-24-12-15-27-46(42)57(52(48)54-51,37-18-6-2-7-19-37)38-20-8-3-9-21-38)34-28-30-36(31-29-34)55-43-25-13-10-23-41(43)47-44(55)33-32-40-39-22-11-14-26-45(39)56-50(40)47/h1-33H. The first-order valence-electron chi connectivity index (χ1n) is 19.4. The molecule has 3 aromatic heterocycles. The molecule has 0 spiro atoms. The van der Waals surface area contributed by atoms with Crippen LogP contribution in [0.5, 0.6) is 0 Å². The van der Waals surface area contributed by atoms with Gasteiger partial charge in [-0.2, -0.15) is 0 Å². The van der Waals surface area contributed by atoms with Crippen molar-refractivity contribution in [2.45, 2.75) is 0 Å². The average molecular weight is 744 g/mol. The summed E-state index contributed by atoms with van der Waals surface area (Å²) in [5, 5.41) is 9.66. The van der Waals surface area contributed by atoms with Crippen LogP contribution in [0.1, 0.15) is 0 Å². The molecule has 5 heteroatoms. The van der Waals surface area contributed by atoms with E-state index in [0.29, 0.717) is 0 Å². The van der Waals surface area contributed by atoms with Crippen molar-refractivity contribution in [1.29, 1.82) is 0 Å². The monoisotopic (exact) mass is 743 g/mol. The molecule has 11 aromatic rings. The van der Waals surface area contributed by atoms with E-state index in [-0.39, 0.29) is 0 Å². The third-order valence-electron chi connectivity index (χ3n) is 11.9. The van der Waals surface area contributed by atoms with Crippen LogP contribution in [0.2, 0.25) is 0 Å². The third kappa shape index (κ3) is 4.55. The fraction of sp³-hybridized carbons (Fsp3) is 0. The second kappa shape index (κ2) is 12.3. The van der Waals surface area contributed by atoms with Gasteiger partial charge in [-0.15, -0.1) is 0 Å². The van der Waals surface area contributed by atoms with Crippen LogP contribution in [0.4, 0.5) is 0 Å². The van der Waals surface area contributed by atoms with Crippen molar-refractivity contribution >= 4 is 72.7 Å². The Labute approximate surface area is 330 Å². The highest BCUT2D eigenvalue weighted by molar-refractivity contribution is 7.21. The molecule has 1 aliphatic rings. The summed E-state index contributed by atoms with van der Waals surface area (Å²) in [4.78, 5) is 11.1. The minimum Gasteiger partial charge on any atom is -0.455 e. The molecule has 0 atom stereocenters. The second-order valence-electron chi connectivity index (χ2n) is 14.8. The molecule has 57 heavy (non-hydrogen) atoms. The second-order valence-corrected chi connectivity index (χ2v) is 18.5. The molecule has 4 heterocycles. The maximum atomic E-state index is 6.58. The summed E-state index contributed by atoms with van der Waals surface area (Å²) in [7, 11) is -2.87. The van der Waals surface area contributed by atoms with Crippen LogP contribution < -0.4 is 20.9 Å². The Morgan fingerprint density at radius 1 is 0.456 bits per heavy atom. The lowest BCUT2D eigenvalue weighted by Gasteiger charge is -2.30. The summed E-state index contributed by atoms with van der Waals surface area (Å²) < 4.78 is 8.94. The fourth-order valence-corrected chi connectivity index (χ4v) is 14.5. The lowest BCUT2D eigenvalue weighted by Crippen LogP contribution is -2.73. The molecular formula is C52H33N3OSi. The van der Waals surface area contributed by atoms with Crippen LogP contribution in [0.15, 0.2) is 205 Å². The Bertz CT molecular complexity index is 3300. The molecule has 0 aliphatic carbocycles. The average Bonchev–Trinajstić information content (AvgIpc) is 3.94. The number of benzene rings is 8. The van der Waals surface area contributed by atoms with E-state index in [1.807, 2.05) is 12.1 Å². The van der Waals surface area contributed by atoms with Crippen LogP contribution >= 0.6 is 0 Å². The molecule has 12 rings (SSSR count). The van der Waals surface area contributed by atoms with E-state index in [1.54, 1.807) is 0 Å². The summed E-state index contributed by atoms with van der Waals surface area (Å²) in [5.74, 6) is 0.738. The van der Waals surface area contributed by atoms with Crippen molar-refractivity contribution in [2.24, 2.45) is 0 Å². The Hall–Kier alpha value is -7.34. The largest absolute Gasteiger partial charge is 0.455 e. The molecule has 266 valence electrons. The van der Waals surface area contributed by atoms with Crippen LogP contribution in [0.25, 0.3) is 83.2 Å². The van der Waals surface area contributed by atoms with Crippen molar-refractivity contribution in [3.8, 4) is 39.5 Å². The molecule has 0 saturated heterocycles. The van der Waals surface area contributed by atoms with Crippen molar-refractivity contribution in [3.63, 3.8) is 0 Å². The van der Waals surface area contributed by atoms with Gasteiger partial charge in [0.1, 0.15) is 11.2 Å². The number of furan rings is 1. The van der Waals surface area contributed by atoms with Gasteiger partial charge in [-0.3, -0.25) is 0 Å². The summed E-state index contributed by atoms with van der Waals surface area (Å²) in [5.41, 5.74) is 10.5. The zero-order valence-electron chi connectivity index (χ0n) is 30.8. The van der Waals surface area contributed by atoms with Crippen molar-refractivity contribution in [1.82, 2.24) is 14.5 Å². The third-order valence-corrected chi connectivity index (χ3v) is 16.6. The molecule has 0 radical (unpaired) electrons. The van der Waals surface area contributed by atoms with Crippen LogP contribution in [-0.4, -0.2) is 22.6 Å². The zero-order valence-corrected chi connectivity index (χ0v) is 31.8. The van der Waals surface area contributed by atoms with Gasteiger partial charge in [-0.1, -0.05) is 164 Å². The topological polar surface area (TPSA) is 43.9 Å². The van der Waals surface area contributed by atoms with Gasteiger partial charge in [0, 0.05) is 38.5 Å². The summed E-state index contributed by atoms with van der Waals surface area (Å²) in [6.07, 6.45) is 0. The summed E-state index contributed by atoms with van der Waals surface area (Å²) >= 11 is 0. The SMILES string of the molecule is c1ccc(-c2nc(-c3ccc(-n4c5ccccc5c5c6oc7ccccc7c6ccc54)cc3)c3c(n2)[Si](c2ccccc2)(c2ccccc2)c2ccccc2-3)cc1. The normalized spacial score (nSPS) is 13.1. The zero-order chi connectivity index (χ0) is 37.5. The van der Waals surface area contributed by atoms with Gasteiger partial charge in [0.05, 0.1) is 27.4 Å². The Kier molecular flexibility index (Phi) is 6.91. The molecule has 4 nitrogen and oxygen atoms in total. The Balaban J connectivity index is 1.11. The lowest BCUT2D eigenvalue weighted by atomic mass is 10.00. The predicted octanol–water partition coefficient (Wildman–Crippen LogP) is 10.2. The van der Waals surface area contributed by atoms with Gasteiger partial charge in [-0.25, -0.2) is 9.97 Å². The minimum absolute atomic E-state index is 0.738. The van der Waals surface area contributed by atoms with E-state index in [0.717, 1.165) is 77.6 Å². The maximum Gasteiger partial charge on any atom is 0.203 e. The highest BCUT2D eigenvalue weighted by Gasteiger charge is 2.51. The van der Waals surface area contributed by atoms with Crippen LogP contribution in [-0.2, 0) is 0 Å². The summed E-state index contributed by atoms with van der Waals surface area (Å²) in [6, 6.07) is 71.8. The molecule has 1 aliphatic heterocycles. The van der Waals surface area contributed by atoms with E-state index >= 15 is 0 Å². The van der Waals surface area contributed by atoms with Gasteiger partial charge in [0.25, 0.3) is 0 Å². The molecule has 0 fully saturated rings. The lowest BCUT2D eigenvalue weighted by molar-refractivity contribution is 0.673. The number of hydrogen-bond acceptors (Lipinski definition) is 3. The summed E-state index contributed by atoms with van der Waals surface area (Å²) in [6.45, 7) is 0. The molecule has 0 bridgehead atoms. The van der Waals surface area contributed by atoms with E-state index < -0.39 is 8.07 Å². The highest BCUT2D eigenvalue weighted by atomic mass is 28.3. The van der Waals surface area contributed by atoms with E-state index in [9.17, 15) is 0 Å². The smallest absolute Gasteiger partial charge is 0.203 e. The number of nitrogens with zero attached hydrogens (tertiary/aromatic N) is 3. The molecule has 0 N–H and O–H groups in total. The van der Waals surface area contributed by atoms with Gasteiger partial charge in [-0.05, 0) is 57.5 Å². The molecule has 8 aromatic carbocycles. The number of para-hydroxylation sites is 2. The molecular weight excluding hydrogens is 711 g/mol. The van der Waals surface area contributed by atoms with Crippen LogP contribution in [0.3, 0.4) is 0 Å². The van der Waals surface area contributed by atoms with Crippen LogP contribution in [0, 0.1) is 0 Å².